The van der Waals surface area contributed by atoms with E-state index in [1.807, 2.05) is 0 Å². The zero-order valence-electron chi connectivity index (χ0n) is 4.83. The number of epoxide rings is 1. The summed E-state index contributed by atoms with van der Waals surface area (Å²) in [6.07, 6.45) is 1.80. The maximum atomic E-state index is 10.7. The summed E-state index contributed by atoms with van der Waals surface area (Å²) in [5.74, 6) is 0.546. The maximum absolute atomic E-state index is 10.7. The summed E-state index contributed by atoms with van der Waals surface area (Å²) in [5.41, 5.74) is 0. The van der Waals surface area contributed by atoms with Crippen LogP contribution in [0.2, 0.25) is 0 Å². The Balaban J connectivity index is 1.92. The van der Waals surface area contributed by atoms with Gasteiger partial charge in [0.25, 0.3) is 0 Å². The molecule has 0 spiro atoms. The van der Waals surface area contributed by atoms with Crippen molar-refractivity contribution in [3.8, 4) is 0 Å². The van der Waals surface area contributed by atoms with Crippen molar-refractivity contribution < 1.29 is 9.53 Å². The molecule has 0 aromatic rings. The number of hydrogen-bond acceptors (Lipinski definition) is 2. The molecule has 0 bridgehead atoms. The summed E-state index contributed by atoms with van der Waals surface area (Å²) in [6, 6.07) is 0.391. The molecule has 3 nitrogen and oxygen atoms in total. The molecule has 1 amide bonds. The van der Waals surface area contributed by atoms with Gasteiger partial charge in [-0.1, -0.05) is 0 Å². The Kier molecular flexibility index (Phi) is 0.481. The second-order valence-electron chi connectivity index (χ2n) is 3.02. The summed E-state index contributed by atoms with van der Waals surface area (Å²) in [7, 11) is 0. The lowest BCUT2D eigenvalue weighted by molar-refractivity contribution is -0.135. The van der Waals surface area contributed by atoms with Gasteiger partial charge in [0.05, 0.1) is 18.1 Å². The molecule has 2 aliphatic heterocycles. The first-order chi connectivity index (χ1) is 4.36. The SMILES string of the molecule is O=C1N[C@@H]2[C@@H]3O[C@@H]3C[C@H]12. The fraction of sp³-hybridized carbons (Fsp3) is 0.833. The number of β-lactam (4-membered cyclic amide) rings is 1. The van der Waals surface area contributed by atoms with Crippen LogP contribution in [0.1, 0.15) is 6.42 Å². The second kappa shape index (κ2) is 1.01. The first kappa shape index (κ1) is 4.28. The number of hydrogen-bond donors (Lipinski definition) is 1. The molecule has 0 aromatic heterocycles. The van der Waals surface area contributed by atoms with E-state index in [1.54, 1.807) is 0 Å². The van der Waals surface area contributed by atoms with Crippen LogP contribution in [0.25, 0.3) is 0 Å². The van der Waals surface area contributed by atoms with E-state index in [1.165, 1.54) is 0 Å². The van der Waals surface area contributed by atoms with Crippen molar-refractivity contribution in [2.45, 2.75) is 24.7 Å². The smallest absolute Gasteiger partial charge is 0.225 e. The van der Waals surface area contributed by atoms with E-state index in [9.17, 15) is 4.79 Å². The molecule has 0 unspecified atom stereocenters. The third kappa shape index (κ3) is 0.339. The third-order valence-corrected chi connectivity index (χ3v) is 2.54. The van der Waals surface area contributed by atoms with Gasteiger partial charge in [0, 0.05) is 0 Å². The standard InChI is InChI=1S/C6H7NO2/c8-6-2-1-3-5(9-3)4(2)7-6/h2-5H,1H2,(H,7,8)/t2-,3+,4-,5+/m0/s1. The molecule has 1 saturated carbocycles. The summed E-state index contributed by atoms with van der Waals surface area (Å²) in [5, 5.41) is 2.83. The molecule has 3 aliphatic rings. The molecule has 0 aromatic carbocycles. The largest absolute Gasteiger partial charge is 0.367 e. The predicted octanol–water partition coefficient (Wildman–Crippen LogP) is -0.728. The zero-order chi connectivity index (χ0) is 6.01. The normalized spacial score (nSPS) is 59.3. The predicted molar refractivity (Wildman–Crippen MR) is 28.7 cm³/mol. The van der Waals surface area contributed by atoms with Crippen LogP contribution in [-0.2, 0) is 9.53 Å². The lowest BCUT2D eigenvalue weighted by Gasteiger charge is -2.31. The quantitative estimate of drug-likeness (QED) is 0.342. The monoisotopic (exact) mass is 125 g/mol. The third-order valence-electron chi connectivity index (χ3n) is 2.54. The Morgan fingerprint density at radius 1 is 1.67 bits per heavy atom. The molecule has 1 aliphatic carbocycles. The molecule has 9 heavy (non-hydrogen) atoms. The van der Waals surface area contributed by atoms with Gasteiger partial charge < -0.3 is 10.1 Å². The second-order valence-corrected chi connectivity index (χ2v) is 3.02. The van der Waals surface area contributed by atoms with Gasteiger partial charge in [0.15, 0.2) is 0 Å². The Labute approximate surface area is 52.4 Å². The molecule has 3 fully saturated rings. The Morgan fingerprint density at radius 3 is 3.11 bits per heavy atom. The summed E-state index contributed by atoms with van der Waals surface area (Å²) < 4.78 is 5.22. The van der Waals surface area contributed by atoms with Gasteiger partial charge in [0.1, 0.15) is 6.10 Å². The van der Waals surface area contributed by atoms with Crippen molar-refractivity contribution in [1.82, 2.24) is 5.32 Å². The van der Waals surface area contributed by atoms with Gasteiger partial charge in [-0.3, -0.25) is 4.79 Å². The number of carbonyl (C=O) groups excluding carboxylic acids is 1. The number of ether oxygens (including phenoxy) is 1. The summed E-state index contributed by atoms with van der Waals surface area (Å²) >= 11 is 0. The summed E-state index contributed by atoms with van der Waals surface area (Å²) in [4.78, 5) is 10.7. The lowest BCUT2D eigenvalue weighted by Crippen LogP contribution is -2.58. The maximum Gasteiger partial charge on any atom is 0.225 e. The average molecular weight is 125 g/mol. The first-order valence-electron chi connectivity index (χ1n) is 3.32. The van der Waals surface area contributed by atoms with Gasteiger partial charge in [-0.15, -0.1) is 0 Å². The van der Waals surface area contributed by atoms with Gasteiger partial charge in [0.2, 0.25) is 5.91 Å². The molecular formula is C6H7NO2. The number of rotatable bonds is 0. The Hall–Kier alpha value is -0.570. The van der Waals surface area contributed by atoms with E-state index in [-0.39, 0.29) is 5.91 Å². The lowest BCUT2D eigenvalue weighted by atomic mass is 9.93. The van der Waals surface area contributed by atoms with Crippen molar-refractivity contribution in [3.63, 3.8) is 0 Å². The molecule has 48 valence electrons. The highest BCUT2D eigenvalue weighted by Crippen LogP contribution is 2.46. The van der Waals surface area contributed by atoms with Crippen LogP contribution < -0.4 is 5.32 Å². The fourth-order valence-corrected chi connectivity index (χ4v) is 1.92. The van der Waals surface area contributed by atoms with Crippen LogP contribution in [0.15, 0.2) is 0 Å². The van der Waals surface area contributed by atoms with Gasteiger partial charge in [-0.2, -0.15) is 0 Å². The van der Waals surface area contributed by atoms with E-state index >= 15 is 0 Å². The van der Waals surface area contributed by atoms with Crippen LogP contribution in [0.4, 0.5) is 0 Å². The van der Waals surface area contributed by atoms with Crippen LogP contribution in [0.5, 0.6) is 0 Å². The highest BCUT2D eigenvalue weighted by Gasteiger charge is 2.63. The molecule has 1 N–H and O–H groups in total. The zero-order valence-corrected chi connectivity index (χ0v) is 4.83. The number of fused-ring (bicyclic) bond motifs is 3. The van der Waals surface area contributed by atoms with Crippen LogP contribution in [0.3, 0.4) is 0 Å². The Morgan fingerprint density at radius 2 is 2.56 bits per heavy atom. The van der Waals surface area contributed by atoms with E-state index in [0.717, 1.165) is 6.42 Å². The fourth-order valence-electron chi connectivity index (χ4n) is 1.92. The van der Waals surface area contributed by atoms with E-state index in [4.69, 9.17) is 4.74 Å². The minimum absolute atomic E-state index is 0.232. The first-order valence-corrected chi connectivity index (χ1v) is 3.32. The molecule has 3 rings (SSSR count). The molecule has 2 saturated heterocycles. The minimum atomic E-state index is 0.232. The topological polar surface area (TPSA) is 41.6 Å². The van der Waals surface area contributed by atoms with Crippen molar-refractivity contribution in [1.29, 1.82) is 0 Å². The van der Waals surface area contributed by atoms with Crippen LogP contribution >= 0.6 is 0 Å². The van der Waals surface area contributed by atoms with E-state index < -0.39 is 0 Å². The molecule has 0 radical (unpaired) electrons. The van der Waals surface area contributed by atoms with Crippen molar-refractivity contribution in [2.24, 2.45) is 5.92 Å². The number of nitrogens with one attached hydrogen (secondary N) is 1. The average Bonchev–Trinajstić information content (AvgIpc) is 2.52. The number of amides is 1. The molecule has 2 heterocycles. The van der Waals surface area contributed by atoms with Gasteiger partial charge >= 0.3 is 0 Å². The molecular weight excluding hydrogens is 118 g/mol. The highest BCUT2D eigenvalue weighted by molar-refractivity contribution is 5.87. The van der Waals surface area contributed by atoms with Crippen molar-refractivity contribution in [2.75, 3.05) is 0 Å². The molecule has 4 atom stereocenters. The van der Waals surface area contributed by atoms with Crippen molar-refractivity contribution in [3.05, 3.63) is 0 Å². The van der Waals surface area contributed by atoms with E-state index in [0.29, 0.717) is 24.2 Å². The highest BCUT2D eigenvalue weighted by atomic mass is 16.6. The van der Waals surface area contributed by atoms with Gasteiger partial charge in [-0.05, 0) is 6.42 Å². The Bertz CT molecular complexity index is 191. The number of carbonyl (C=O) groups is 1. The molecule has 3 heteroatoms. The van der Waals surface area contributed by atoms with Gasteiger partial charge in [-0.25, -0.2) is 0 Å². The van der Waals surface area contributed by atoms with Crippen molar-refractivity contribution >= 4 is 5.91 Å². The van der Waals surface area contributed by atoms with E-state index in [2.05, 4.69) is 5.32 Å². The minimum Gasteiger partial charge on any atom is -0.367 e. The van der Waals surface area contributed by atoms with Crippen LogP contribution in [-0.4, -0.2) is 24.2 Å². The van der Waals surface area contributed by atoms with Crippen LogP contribution in [0, 0.1) is 5.92 Å². The summed E-state index contributed by atoms with van der Waals surface area (Å²) in [6.45, 7) is 0.